The molecule has 0 aliphatic carbocycles. The normalized spacial score (nSPS) is 10.8. The van der Waals surface area contributed by atoms with E-state index in [9.17, 15) is 4.79 Å². The van der Waals surface area contributed by atoms with Crippen LogP contribution in [0.25, 0.3) is 10.2 Å². The number of rotatable bonds is 4. The zero-order valence-electron chi connectivity index (χ0n) is 13.4. The average Bonchev–Trinajstić information content (AvgIpc) is 2.99. The van der Waals surface area contributed by atoms with Crippen molar-refractivity contribution in [1.82, 2.24) is 4.98 Å². The van der Waals surface area contributed by atoms with Gasteiger partial charge >= 0.3 is 11.6 Å². The van der Waals surface area contributed by atoms with Gasteiger partial charge in [-0.3, -0.25) is 0 Å². The fraction of sp³-hybridized carbons (Fsp3) is 0.0526. The Hall–Kier alpha value is -3.12. The van der Waals surface area contributed by atoms with Gasteiger partial charge < -0.3 is 14.5 Å². The van der Waals surface area contributed by atoms with E-state index in [0.29, 0.717) is 21.7 Å². The van der Waals surface area contributed by atoms with Crippen LogP contribution >= 0.6 is 11.3 Å². The summed E-state index contributed by atoms with van der Waals surface area (Å²) in [5.74, 6) is 1.33. The Morgan fingerprint density at radius 3 is 2.68 bits per heavy atom. The highest BCUT2D eigenvalue weighted by molar-refractivity contribution is 7.18. The molecule has 6 heteroatoms. The van der Waals surface area contributed by atoms with Gasteiger partial charge in [0.15, 0.2) is 5.75 Å². The molecule has 0 atom stereocenters. The molecule has 2 aromatic carbocycles. The predicted octanol–water partition coefficient (Wildman–Crippen LogP) is 5.09. The fourth-order valence-electron chi connectivity index (χ4n) is 2.43. The van der Waals surface area contributed by atoms with Crippen molar-refractivity contribution < 1.29 is 9.15 Å². The molecule has 0 radical (unpaired) electrons. The van der Waals surface area contributed by atoms with E-state index in [1.807, 2.05) is 61.5 Å². The van der Waals surface area contributed by atoms with Crippen LogP contribution in [0.1, 0.15) is 4.88 Å². The summed E-state index contributed by atoms with van der Waals surface area (Å²) < 4.78 is 11.2. The number of para-hydroxylation sites is 3. The maximum atomic E-state index is 12.1. The lowest BCUT2D eigenvalue weighted by molar-refractivity contribution is 0.482. The van der Waals surface area contributed by atoms with Crippen molar-refractivity contribution >= 4 is 33.3 Å². The molecule has 0 bridgehead atoms. The molecule has 1 N–H and O–H groups in total. The molecule has 25 heavy (non-hydrogen) atoms. The van der Waals surface area contributed by atoms with Gasteiger partial charge in [0.1, 0.15) is 10.6 Å². The molecule has 0 aliphatic heterocycles. The summed E-state index contributed by atoms with van der Waals surface area (Å²) in [7, 11) is 0. The van der Waals surface area contributed by atoms with E-state index in [1.54, 1.807) is 6.07 Å². The number of hydrogen-bond donors (Lipinski definition) is 1. The fourth-order valence-corrected chi connectivity index (χ4v) is 3.29. The summed E-state index contributed by atoms with van der Waals surface area (Å²) in [5, 5.41) is 3.54. The highest BCUT2D eigenvalue weighted by Gasteiger charge is 2.11. The standard InChI is InChI=1S/C19H14N2O3S/c1-12-11-14-17(25-12)21-19(24-18(14)22)20-15-9-5-6-10-16(15)23-13-7-3-2-4-8-13/h2-11H,1H3,(H,20,21). The van der Waals surface area contributed by atoms with Crippen LogP contribution in [0.3, 0.4) is 0 Å². The van der Waals surface area contributed by atoms with Crippen LogP contribution in [0.2, 0.25) is 0 Å². The highest BCUT2D eigenvalue weighted by atomic mass is 32.1. The Balaban J connectivity index is 1.68. The quantitative estimate of drug-likeness (QED) is 0.555. The minimum atomic E-state index is -0.404. The van der Waals surface area contributed by atoms with E-state index in [1.165, 1.54) is 11.3 Å². The molecule has 0 amide bonds. The molecular formula is C19H14N2O3S. The Morgan fingerprint density at radius 2 is 1.84 bits per heavy atom. The van der Waals surface area contributed by atoms with Crippen LogP contribution in [0, 0.1) is 6.92 Å². The number of fused-ring (bicyclic) bond motifs is 1. The third kappa shape index (κ3) is 3.25. The SMILES string of the molecule is Cc1cc2c(=O)oc(Nc3ccccc3Oc3ccccc3)nc2s1. The minimum absolute atomic E-state index is 0.142. The first-order valence-electron chi connectivity index (χ1n) is 7.69. The first kappa shape index (κ1) is 15.4. The second-order valence-electron chi connectivity index (χ2n) is 5.42. The maximum absolute atomic E-state index is 12.1. The molecule has 2 heterocycles. The van der Waals surface area contributed by atoms with Crippen molar-refractivity contribution in [2.45, 2.75) is 6.92 Å². The summed E-state index contributed by atoms with van der Waals surface area (Å²) >= 11 is 1.46. The van der Waals surface area contributed by atoms with Crippen LogP contribution in [0.5, 0.6) is 11.5 Å². The van der Waals surface area contributed by atoms with Crippen molar-refractivity contribution in [1.29, 1.82) is 0 Å². The Morgan fingerprint density at radius 1 is 1.08 bits per heavy atom. The smallest absolute Gasteiger partial charge is 0.349 e. The number of ether oxygens (including phenoxy) is 1. The molecular weight excluding hydrogens is 336 g/mol. The number of thiophene rings is 1. The van der Waals surface area contributed by atoms with Gasteiger partial charge in [-0.25, -0.2) is 4.79 Å². The van der Waals surface area contributed by atoms with Crippen molar-refractivity contribution in [3.63, 3.8) is 0 Å². The summed E-state index contributed by atoms with van der Waals surface area (Å²) in [5.41, 5.74) is 0.257. The molecule has 4 rings (SSSR count). The van der Waals surface area contributed by atoms with Crippen molar-refractivity contribution in [2.75, 3.05) is 5.32 Å². The lowest BCUT2D eigenvalue weighted by Crippen LogP contribution is -2.04. The predicted molar refractivity (Wildman–Crippen MR) is 99.1 cm³/mol. The van der Waals surface area contributed by atoms with E-state index in [2.05, 4.69) is 10.3 Å². The Labute approximate surface area is 147 Å². The molecule has 4 aromatic rings. The third-order valence-corrected chi connectivity index (χ3v) is 4.49. The van der Waals surface area contributed by atoms with E-state index in [4.69, 9.17) is 9.15 Å². The van der Waals surface area contributed by atoms with Crippen molar-refractivity contribution in [2.24, 2.45) is 0 Å². The molecule has 2 aromatic heterocycles. The van der Waals surface area contributed by atoms with Crippen LogP contribution in [0.4, 0.5) is 11.7 Å². The number of hydrogen-bond acceptors (Lipinski definition) is 6. The van der Waals surface area contributed by atoms with Gasteiger partial charge in [-0.1, -0.05) is 30.3 Å². The second-order valence-corrected chi connectivity index (χ2v) is 6.65. The molecule has 124 valence electrons. The molecule has 0 fully saturated rings. The van der Waals surface area contributed by atoms with Crippen molar-refractivity contribution in [3.05, 3.63) is 76.0 Å². The summed E-state index contributed by atoms with van der Waals surface area (Å²) in [6.07, 6.45) is 0. The molecule has 0 unspecified atom stereocenters. The van der Waals surface area contributed by atoms with Crippen LogP contribution in [0.15, 0.2) is 69.9 Å². The highest BCUT2D eigenvalue weighted by Crippen LogP contribution is 2.31. The number of anilines is 2. The molecule has 0 aliphatic rings. The zero-order valence-corrected chi connectivity index (χ0v) is 14.2. The van der Waals surface area contributed by atoms with Gasteiger partial charge in [-0.15, -0.1) is 11.3 Å². The number of nitrogens with one attached hydrogen (secondary N) is 1. The van der Waals surface area contributed by atoms with Gasteiger partial charge in [0.2, 0.25) is 0 Å². The van der Waals surface area contributed by atoms with E-state index in [0.717, 1.165) is 10.6 Å². The topological polar surface area (TPSA) is 64.4 Å². The first-order valence-corrected chi connectivity index (χ1v) is 8.51. The largest absolute Gasteiger partial charge is 0.455 e. The van der Waals surface area contributed by atoms with Crippen molar-refractivity contribution in [3.8, 4) is 11.5 Å². The molecule has 5 nitrogen and oxygen atoms in total. The number of aryl methyl sites for hydroxylation is 1. The van der Waals surface area contributed by atoms with E-state index < -0.39 is 5.63 Å². The number of aromatic nitrogens is 1. The first-order chi connectivity index (χ1) is 12.2. The van der Waals surface area contributed by atoms with Gasteiger partial charge in [0.25, 0.3) is 0 Å². The lowest BCUT2D eigenvalue weighted by Gasteiger charge is -2.11. The van der Waals surface area contributed by atoms with E-state index >= 15 is 0 Å². The maximum Gasteiger partial charge on any atom is 0.349 e. The molecule has 0 saturated carbocycles. The van der Waals surface area contributed by atoms with E-state index in [-0.39, 0.29) is 6.01 Å². The van der Waals surface area contributed by atoms with Gasteiger partial charge in [-0.05, 0) is 37.3 Å². The van der Waals surface area contributed by atoms with Crippen LogP contribution in [-0.4, -0.2) is 4.98 Å². The lowest BCUT2D eigenvalue weighted by atomic mass is 10.3. The van der Waals surface area contributed by atoms with Gasteiger partial charge in [0, 0.05) is 4.88 Å². The third-order valence-electron chi connectivity index (χ3n) is 3.55. The zero-order chi connectivity index (χ0) is 17.2. The Bertz CT molecular complexity index is 1090. The molecule has 0 saturated heterocycles. The summed E-state index contributed by atoms with van der Waals surface area (Å²) in [4.78, 5) is 18.2. The Kier molecular flexibility index (Phi) is 3.95. The minimum Gasteiger partial charge on any atom is -0.455 e. The second kappa shape index (κ2) is 6.41. The monoisotopic (exact) mass is 350 g/mol. The van der Waals surface area contributed by atoms with Gasteiger partial charge in [-0.2, -0.15) is 4.98 Å². The molecule has 0 spiro atoms. The summed E-state index contributed by atoms with van der Waals surface area (Å²) in [6, 6.07) is 18.8. The average molecular weight is 350 g/mol. The van der Waals surface area contributed by atoms with Crippen LogP contribution in [-0.2, 0) is 0 Å². The van der Waals surface area contributed by atoms with Crippen LogP contribution < -0.4 is 15.7 Å². The number of nitrogens with zero attached hydrogens (tertiary/aromatic N) is 1. The summed E-state index contributed by atoms with van der Waals surface area (Å²) in [6.45, 7) is 1.93. The van der Waals surface area contributed by atoms with Gasteiger partial charge in [0.05, 0.1) is 11.1 Å². The number of benzene rings is 2.